The molecule has 4 fully saturated rings. The van der Waals surface area contributed by atoms with Crippen LogP contribution in [0.1, 0.15) is 99.8 Å². The highest BCUT2D eigenvalue weighted by Crippen LogP contribution is 2.74. The third kappa shape index (κ3) is 3.43. The van der Waals surface area contributed by atoms with Crippen molar-refractivity contribution in [3.05, 3.63) is 11.1 Å². The standard InChI is InChI=1S/C30H48O5/c1-17(14-21(32)25(34)30(7)16-35-30)18-8-12-28(5)19(18)15-20(31)24-27(4)11-10-23(33)26(2,3)22(27)9-13-29(24,28)6/h17,20-22,24-25,31-32,34H,8-16H2,1-7H3/t17-,20+,21+,22+,24+,25-,27+,28+,29+,30-/m1/s1. The summed E-state index contributed by atoms with van der Waals surface area (Å²) in [5, 5.41) is 33.2. The SMILES string of the molecule is C[C@H](C[C@H](O)[C@@H](O)[C@@]1(C)CO1)C1=C2C[C@H](O)[C@H]3[C@@]4(C)CCC(=O)C(C)(C)[C@@H]4CC[C@]3(C)[C@@]2(C)CC1. The fourth-order valence-electron chi connectivity index (χ4n) is 9.99. The van der Waals surface area contributed by atoms with E-state index in [1.165, 1.54) is 11.1 Å². The number of ether oxygens (including phenoxy) is 1. The zero-order valence-corrected chi connectivity index (χ0v) is 23.0. The highest BCUT2D eigenvalue weighted by Gasteiger charge is 2.69. The van der Waals surface area contributed by atoms with Gasteiger partial charge in [-0.1, -0.05) is 52.7 Å². The molecule has 3 N–H and O–H groups in total. The molecule has 0 aromatic carbocycles. The van der Waals surface area contributed by atoms with Gasteiger partial charge in [-0.25, -0.2) is 0 Å². The summed E-state index contributed by atoms with van der Waals surface area (Å²) in [7, 11) is 0. The lowest BCUT2D eigenvalue weighted by atomic mass is 9.36. The fraction of sp³-hybridized carbons (Fsp3) is 0.900. The molecular formula is C30H48O5. The molecule has 35 heavy (non-hydrogen) atoms. The topological polar surface area (TPSA) is 90.3 Å². The zero-order chi connectivity index (χ0) is 25.8. The number of carbonyl (C=O) groups is 1. The lowest BCUT2D eigenvalue weighted by Crippen LogP contribution is -2.65. The van der Waals surface area contributed by atoms with E-state index in [9.17, 15) is 20.1 Å². The Morgan fingerprint density at radius 3 is 2.31 bits per heavy atom. The summed E-state index contributed by atoms with van der Waals surface area (Å²) in [6.07, 6.45) is 4.83. The smallest absolute Gasteiger partial charge is 0.138 e. The van der Waals surface area contributed by atoms with Crippen molar-refractivity contribution in [2.45, 2.75) is 124 Å². The van der Waals surface area contributed by atoms with E-state index in [2.05, 4.69) is 41.5 Å². The molecule has 3 saturated carbocycles. The van der Waals surface area contributed by atoms with Gasteiger partial charge in [0.1, 0.15) is 17.5 Å². The predicted molar refractivity (Wildman–Crippen MR) is 136 cm³/mol. The maximum absolute atomic E-state index is 12.9. The summed E-state index contributed by atoms with van der Waals surface area (Å²) in [4.78, 5) is 12.9. The molecule has 4 aliphatic carbocycles. The molecule has 5 nitrogen and oxygen atoms in total. The molecule has 0 aromatic rings. The number of fused-ring (bicyclic) bond motifs is 5. The van der Waals surface area contributed by atoms with Crippen molar-refractivity contribution in [2.75, 3.05) is 6.61 Å². The molecule has 5 heteroatoms. The number of aliphatic hydroxyl groups is 3. The second-order valence-electron chi connectivity index (χ2n) is 14.5. The number of rotatable bonds is 5. The highest BCUT2D eigenvalue weighted by atomic mass is 16.6. The summed E-state index contributed by atoms with van der Waals surface area (Å²) in [5.74, 6) is 1.05. The number of Topliss-reactive ketones (excluding diaryl/α,β-unsaturated/α-hetero) is 1. The fourth-order valence-corrected chi connectivity index (χ4v) is 9.99. The van der Waals surface area contributed by atoms with Gasteiger partial charge in [0.15, 0.2) is 0 Å². The molecular weight excluding hydrogens is 440 g/mol. The van der Waals surface area contributed by atoms with Crippen LogP contribution in [0.4, 0.5) is 0 Å². The van der Waals surface area contributed by atoms with Gasteiger partial charge in [0, 0.05) is 11.8 Å². The van der Waals surface area contributed by atoms with Crippen molar-refractivity contribution in [3.63, 3.8) is 0 Å². The lowest BCUT2D eigenvalue weighted by molar-refractivity contribution is -0.208. The Morgan fingerprint density at radius 1 is 1.03 bits per heavy atom. The van der Waals surface area contributed by atoms with Gasteiger partial charge in [-0.3, -0.25) is 4.79 Å². The van der Waals surface area contributed by atoms with E-state index < -0.39 is 23.9 Å². The van der Waals surface area contributed by atoms with E-state index in [0.29, 0.717) is 37.6 Å². The number of epoxide rings is 1. The minimum atomic E-state index is -0.866. The molecule has 5 aliphatic rings. The normalized spacial score (nSPS) is 49.1. The Morgan fingerprint density at radius 2 is 1.69 bits per heavy atom. The molecule has 0 radical (unpaired) electrons. The third-order valence-electron chi connectivity index (χ3n) is 12.4. The molecule has 1 aliphatic heterocycles. The average molecular weight is 489 g/mol. The Kier molecular flexibility index (Phi) is 5.83. The third-order valence-corrected chi connectivity index (χ3v) is 12.4. The van der Waals surface area contributed by atoms with Crippen LogP contribution >= 0.6 is 0 Å². The van der Waals surface area contributed by atoms with Crippen molar-refractivity contribution < 1.29 is 24.9 Å². The Hall–Kier alpha value is -0.750. The summed E-state index contributed by atoms with van der Waals surface area (Å²) < 4.78 is 5.37. The molecule has 198 valence electrons. The highest BCUT2D eigenvalue weighted by molar-refractivity contribution is 5.85. The Labute approximate surface area is 211 Å². The first-order valence-corrected chi connectivity index (χ1v) is 14.1. The van der Waals surface area contributed by atoms with Crippen LogP contribution in [0.25, 0.3) is 0 Å². The lowest BCUT2D eigenvalue weighted by Gasteiger charge is -2.69. The van der Waals surface area contributed by atoms with Crippen molar-refractivity contribution in [1.82, 2.24) is 0 Å². The quantitative estimate of drug-likeness (QED) is 0.382. The maximum atomic E-state index is 12.9. The second-order valence-corrected chi connectivity index (χ2v) is 14.5. The van der Waals surface area contributed by atoms with Gasteiger partial charge in [-0.05, 0) is 85.9 Å². The minimum Gasteiger partial charge on any atom is -0.392 e. The molecule has 1 saturated heterocycles. The molecule has 0 spiro atoms. The molecule has 1 heterocycles. The van der Waals surface area contributed by atoms with Gasteiger partial charge in [0.25, 0.3) is 0 Å². The predicted octanol–water partition coefficient (Wildman–Crippen LogP) is 4.81. The van der Waals surface area contributed by atoms with Crippen LogP contribution in [0.5, 0.6) is 0 Å². The summed E-state index contributed by atoms with van der Waals surface area (Å²) >= 11 is 0. The van der Waals surface area contributed by atoms with Crippen LogP contribution in [-0.4, -0.2) is 51.6 Å². The first-order valence-electron chi connectivity index (χ1n) is 14.1. The number of hydrogen-bond donors (Lipinski definition) is 3. The van der Waals surface area contributed by atoms with Gasteiger partial charge < -0.3 is 20.1 Å². The van der Waals surface area contributed by atoms with Crippen LogP contribution in [0.3, 0.4) is 0 Å². The van der Waals surface area contributed by atoms with Crippen LogP contribution < -0.4 is 0 Å². The van der Waals surface area contributed by atoms with Crippen molar-refractivity contribution in [2.24, 2.45) is 39.4 Å². The second kappa shape index (κ2) is 7.88. The van der Waals surface area contributed by atoms with E-state index >= 15 is 0 Å². The zero-order valence-electron chi connectivity index (χ0n) is 23.0. The maximum Gasteiger partial charge on any atom is 0.138 e. The van der Waals surface area contributed by atoms with E-state index in [-0.39, 0.29) is 33.5 Å². The van der Waals surface area contributed by atoms with Gasteiger partial charge in [0.05, 0.1) is 18.8 Å². The monoisotopic (exact) mass is 488 g/mol. The number of ketones is 1. The number of carbonyl (C=O) groups excluding carboxylic acids is 1. The number of hydrogen-bond acceptors (Lipinski definition) is 5. The van der Waals surface area contributed by atoms with Crippen molar-refractivity contribution >= 4 is 5.78 Å². The van der Waals surface area contributed by atoms with Gasteiger partial charge in [-0.2, -0.15) is 0 Å². The first kappa shape index (κ1) is 25.9. The summed E-state index contributed by atoms with van der Waals surface area (Å²) in [6, 6.07) is 0. The van der Waals surface area contributed by atoms with Crippen LogP contribution in [-0.2, 0) is 9.53 Å². The molecule has 0 aromatic heterocycles. The first-order chi connectivity index (χ1) is 16.1. The Bertz CT molecular complexity index is 933. The van der Waals surface area contributed by atoms with Crippen LogP contribution in [0.2, 0.25) is 0 Å². The molecule has 0 unspecified atom stereocenters. The summed E-state index contributed by atoms with van der Waals surface area (Å²) in [6.45, 7) is 16.1. The van der Waals surface area contributed by atoms with Gasteiger partial charge in [0.2, 0.25) is 0 Å². The van der Waals surface area contributed by atoms with E-state index in [0.717, 1.165) is 32.1 Å². The van der Waals surface area contributed by atoms with E-state index in [1.807, 2.05) is 6.92 Å². The minimum absolute atomic E-state index is 0.0172. The summed E-state index contributed by atoms with van der Waals surface area (Å²) in [5.41, 5.74) is 1.86. The number of allylic oxidation sites excluding steroid dienone is 1. The van der Waals surface area contributed by atoms with Crippen LogP contribution in [0.15, 0.2) is 11.1 Å². The van der Waals surface area contributed by atoms with Crippen molar-refractivity contribution in [3.8, 4) is 0 Å². The molecule has 0 amide bonds. The van der Waals surface area contributed by atoms with E-state index in [4.69, 9.17) is 4.74 Å². The van der Waals surface area contributed by atoms with Crippen molar-refractivity contribution in [1.29, 1.82) is 0 Å². The van der Waals surface area contributed by atoms with Gasteiger partial charge in [-0.15, -0.1) is 0 Å². The molecule has 10 atom stereocenters. The van der Waals surface area contributed by atoms with Gasteiger partial charge >= 0.3 is 0 Å². The largest absolute Gasteiger partial charge is 0.392 e. The Balaban J connectivity index is 1.46. The molecule has 0 bridgehead atoms. The molecule has 5 rings (SSSR count). The average Bonchev–Trinajstić information content (AvgIpc) is 3.42. The van der Waals surface area contributed by atoms with E-state index in [1.54, 1.807) is 0 Å². The van der Waals surface area contributed by atoms with Crippen LogP contribution in [0, 0.1) is 39.4 Å². The number of aliphatic hydroxyl groups excluding tert-OH is 3.